The molecule has 1 aromatic rings. The number of nitrogens with zero attached hydrogens (tertiary/aromatic N) is 1. The standard InChI is InChI=1S/C8H11ClN2O2/c9-4-6(12)7(13)5-2-1-3-11-8(5)10/h1-3,6-7,12-13H,4H2,(H2,10,11). The van der Waals surface area contributed by atoms with Gasteiger partial charge in [-0.25, -0.2) is 4.98 Å². The Hall–Kier alpha value is -0.840. The van der Waals surface area contributed by atoms with E-state index >= 15 is 0 Å². The molecule has 0 amide bonds. The molecule has 0 radical (unpaired) electrons. The topological polar surface area (TPSA) is 79.4 Å². The van der Waals surface area contributed by atoms with Crippen molar-refractivity contribution in [3.05, 3.63) is 23.9 Å². The molecule has 72 valence electrons. The third kappa shape index (κ3) is 2.30. The molecule has 0 spiro atoms. The summed E-state index contributed by atoms with van der Waals surface area (Å²) in [5, 5.41) is 18.8. The van der Waals surface area contributed by atoms with Crippen molar-refractivity contribution in [2.24, 2.45) is 0 Å². The normalized spacial score (nSPS) is 15.3. The van der Waals surface area contributed by atoms with Crippen molar-refractivity contribution in [1.82, 2.24) is 4.98 Å². The van der Waals surface area contributed by atoms with Gasteiger partial charge in [-0.1, -0.05) is 6.07 Å². The summed E-state index contributed by atoms with van der Waals surface area (Å²) in [6, 6.07) is 3.23. The van der Waals surface area contributed by atoms with E-state index in [1.54, 1.807) is 12.1 Å². The molecule has 4 N–H and O–H groups in total. The predicted molar refractivity (Wildman–Crippen MR) is 50.3 cm³/mol. The minimum atomic E-state index is -1.08. The van der Waals surface area contributed by atoms with Crippen LogP contribution in [-0.4, -0.2) is 27.2 Å². The molecule has 1 rings (SSSR count). The lowest BCUT2D eigenvalue weighted by Crippen LogP contribution is -2.21. The Bertz CT molecular complexity index is 283. The number of halogens is 1. The fraction of sp³-hybridized carbons (Fsp3) is 0.375. The van der Waals surface area contributed by atoms with Crippen molar-refractivity contribution >= 4 is 17.4 Å². The van der Waals surface area contributed by atoms with E-state index in [4.69, 9.17) is 17.3 Å². The smallest absolute Gasteiger partial charge is 0.129 e. The van der Waals surface area contributed by atoms with Crippen LogP contribution in [0, 0.1) is 0 Å². The second-order valence-electron chi connectivity index (χ2n) is 2.64. The van der Waals surface area contributed by atoms with E-state index in [-0.39, 0.29) is 11.7 Å². The van der Waals surface area contributed by atoms with Crippen LogP contribution < -0.4 is 5.73 Å². The Morgan fingerprint density at radius 1 is 1.54 bits per heavy atom. The molecule has 5 heteroatoms. The monoisotopic (exact) mass is 202 g/mol. The van der Waals surface area contributed by atoms with E-state index in [9.17, 15) is 10.2 Å². The zero-order chi connectivity index (χ0) is 9.84. The largest absolute Gasteiger partial charge is 0.389 e. The van der Waals surface area contributed by atoms with E-state index in [1.807, 2.05) is 0 Å². The summed E-state index contributed by atoms with van der Waals surface area (Å²) in [6.45, 7) is 0. The quantitative estimate of drug-likeness (QED) is 0.616. The summed E-state index contributed by atoms with van der Waals surface area (Å²) in [5.74, 6) is 0.161. The molecule has 2 atom stereocenters. The summed E-state index contributed by atoms with van der Waals surface area (Å²) in [6.07, 6.45) is -0.585. The first-order valence-electron chi connectivity index (χ1n) is 3.79. The summed E-state index contributed by atoms with van der Waals surface area (Å²) >= 11 is 5.38. The summed E-state index contributed by atoms with van der Waals surface area (Å²) in [4.78, 5) is 3.78. The molecule has 0 fully saturated rings. The maximum Gasteiger partial charge on any atom is 0.129 e. The highest BCUT2D eigenvalue weighted by atomic mass is 35.5. The predicted octanol–water partition coefficient (Wildman–Crippen LogP) is 0.297. The fourth-order valence-electron chi connectivity index (χ4n) is 0.972. The van der Waals surface area contributed by atoms with Crippen LogP contribution in [-0.2, 0) is 0 Å². The number of rotatable bonds is 3. The Morgan fingerprint density at radius 2 is 2.23 bits per heavy atom. The van der Waals surface area contributed by atoms with Gasteiger partial charge in [-0.15, -0.1) is 11.6 Å². The molecule has 0 aliphatic carbocycles. The van der Waals surface area contributed by atoms with E-state index in [0.717, 1.165) is 0 Å². The number of hydrogen-bond acceptors (Lipinski definition) is 4. The summed E-state index contributed by atoms with van der Waals surface area (Å²) in [7, 11) is 0. The average molecular weight is 203 g/mol. The van der Waals surface area contributed by atoms with Crippen molar-refractivity contribution in [2.75, 3.05) is 11.6 Å². The van der Waals surface area contributed by atoms with Crippen LogP contribution in [0.2, 0.25) is 0 Å². The van der Waals surface area contributed by atoms with Crippen molar-refractivity contribution < 1.29 is 10.2 Å². The van der Waals surface area contributed by atoms with Crippen LogP contribution in [0.3, 0.4) is 0 Å². The number of pyridine rings is 1. The summed E-state index contributed by atoms with van der Waals surface area (Å²) < 4.78 is 0. The van der Waals surface area contributed by atoms with Gasteiger partial charge >= 0.3 is 0 Å². The lowest BCUT2D eigenvalue weighted by Gasteiger charge is -2.16. The lowest BCUT2D eigenvalue weighted by atomic mass is 10.1. The molecule has 13 heavy (non-hydrogen) atoms. The van der Waals surface area contributed by atoms with E-state index in [1.165, 1.54) is 6.20 Å². The van der Waals surface area contributed by atoms with Crippen molar-refractivity contribution in [1.29, 1.82) is 0 Å². The highest BCUT2D eigenvalue weighted by molar-refractivity contribution is 6.18. The summed E-state index contributed by atoms with van der Waals surface area (Å²) in [5.41, 5.74) is 5.89. The van der Waals surface area contributed by atoms with Gasteiger partial charge in [0.25, 0.3) is 0 Å². The number of alkyl halides is 1. The van der Waals surface area contributed by atoms with Crippen LogP contribution >= 0.6 is 11.6 Å². The number of aliphatic hydroxyl groups excluding tert-OH is 2. The Kier molecular flexibility index (Phi) is 3.48. The van der Waals surface area contributed by atoms with E-state index < -0.39 is 12.2 Å². The van der Waals surface area contributed by atoms with Crippen LogP contribution in [0.15, 0.2) is 18.3 Å². The average Bonchev–Trinajstić information content (AvgIpc) is 2.16. The van der Waals surface area contributed by atoms with Crippen LogP contribution in [0.4, 0.5) is 5.82 Å². The molecule has 0 aromatic carbocycles. The minimum Gasteiger partial charge on any atom is -0.389 e. The molecule has 0 saturated carbocycles. The number of nitrogen functional groups attached to an aromatic ring is 1. The highest BCUT2D eigenvalue weighted by Gasteiger charge is 2.19. The molecule has 4 nitrogen and oxygen atoms in total. The van der Waals surface area contributed by atoms with Gasteiger partial charge in [0.05, 0.1) is 12.0 Å². The highest BCUT2D eigenvalue weighted by Crippen LogP contribution is 2.21. The second kappa shape index (κ2) is 4.41. The van der Waals surface area contributed by atoms with Gasteiger partial charge in [0.2, 0.25) is 0 Å². The number of aromatic nitrogens is 1. The maximum absolute atomic E-state index is 9.52. The lowest BCUT2D eigenvalue weighted by molar-refractivity contribution is 0.0330. The van der Waals surface area contributed by atoms with Gasteiger partial charge < -0.3 is 15.9 Å². The van der Waals surface area contributed by atoms with Crippen molar-refractivity contribution in [2.45, 2.75) is 12.2 Å². The Labute approximate surface area is 81.0 Å². The molecule has 1 aromatic heterocycles. The van der Waals surface area contributed by atoms with Crippen LogP contribution in [0.1, 0.15) is 11.7 Å². The second-order valence-corrected chi connectivity index (χ2v) is 2.95. The molecular formula is C8H11ClN2O2. The Balaban J connectivity index is 2.88. The van der Waals surface area contributed by atoms with Gasteiger partial charge in [-0.3, -0.25) is 0 Å². The molecular weight excluding hydrogens is 192 g/mol. The zero-order valence-corrected chi connectivity index (χ0v) is 7.65. The van der Waals surface area contributed by atoms with Crippen LogP contribution in [0.25, 0.3) is 0 Å². The third-order valence-electron chi connectivity index (χ3n) is 1.71. The van der Waals surface area contributed by atoms with Gasteiger partial charge in [-0.2, -0.15) is 0 Å². The zero-order valence-electron chi connectivity index (χ0n) is 6.89. The van der Waals surface area contributed by atoms with Gasteiger partial charge in [0.15, 0.2) is 0 Å². The SMILES string of the molecule is Nc1ncccc1C(O)C(O)CCl. The first-order valence-corrected chi connectivity index (χ1v) is 4.32. The molecule has 2 unspecified atom stereocenters. The molecule has 1 heterocycles. The maximum atomic E-state index is 9.52. The molecule has 0 aliphatic rings. The van der Waals surface area contributed by atoms with Crippen LogP contribution in [0.5, 0.6) is 0 Å². The van der Waals surface area contributed by atoms with Gasteiger partial charge in [0, 0.05) is 11.8 Å². The van der Waals surface area contributed by atoms with Gasteiger partial charge in [-0.05, 0) is 6.07 Å². The van der Waals surface area contributed by atoms with E-state index in [0.29, 0.717) is 5.56 Å². The number of hydrogen-bond donors (Lipinski definition) is 3. The number of aliphatic hydroxyl groups is 2. The Morgan fingerprint density at radius 3 is 2.77 bits per heavy atom. The van der Waals surface area contributed by atoms with Gasteiger partial charge in [0.1, 0.15) is 11.9 Å². The van der Waals surface area contributed by atoms with E-state index in [2.05, 4.69) is 4.98 Å². The molecule has 0 bridgehead atoms. The molecule has 0 aliphatic heterocycles. The first-order chi connectivity index (χ1) is 6.16. The first kappa shape index (κ1) is 10.2. The number of nitrogens with two attached hydrogens (primary N) is 1. The van der Waals surface area contributed by atoms with Crippen molar-refractivity contribution in [3.8, 4) is 0 Å². The van der Waals surface area contributed by atoms with Crippen molar-refractivity contribution in [3.63, 3.8) is 0 Å². The minimum absolute atomic E-state index is 0.0461. The molecule has 0 saturated heterocycles. The number of anilines is 1. The fourth-order valence-corrected chi connectivity index (χ4v) is 1.14. The third-order valence-corrected chi connectivity index (χ3v) is 2.03.